The fourth-order valence-electron chi connectivity index (χ4n) is 3.49. The minimum absolute atomic E-state index is 0.0237. The Kier molecular flexibility index (Phi) is 8.39. The topological polar surface area (TPSA) is 118 Å². The Morgan fingerprint density at radius 1 is 1.05 bits per heavy atom. The van der Waals surface area contributed by atoms with Gasteiger partial charge in [-0.2, -0.15) is 5.10 Å². The van der Waals surface area contributed by atoms with Gasteiger partial charge in [0, 0.05) is 34.5 Å². The molecular formula is C27H31N5O4S. The molecule has 2 aromatic carbocycles. The average Bonchev–Trinajstić information content (AvgIpc) is 3.71. The van der Waals surface area contributed by atoms with Crippen LogP contribution in [0.5, 0.6) is 11.5 Å². The number of fused-ring (bicyclic) bond motifs is 1. The Morgan fingerprint density at radius 2 is 1.78 bits per heavy atom. The summed E-state index contributed by atoms with van der Waals surface area (Å²) in [6, 6.07) is 16.9. The van der Waals surface area contributed by atoms with Crippen molar-refractivity contribution in [2.75, 3.05) is 24.9 Å². The van der Waals surface area contributed by atoms with Gasteiger partial charge < -0.3 is 20.1 Å². The molecule has 1 unspecified atom stereocenters. The molecule has 0 spiro atoms. The van der Waals surface area contributed by atoms with Crippen molar-refractivity contribution in [3.63, 3.8) is 0 Å². The zero-order chi connectivity index (χ0) is 26.4. The van der Waals surface area contributed by atoms with E-state index in [1.807, 2.05) is 62.4 Å². The summed E-state index contributed by atoms with van der Waals surface area (Å²) in [5.74, 6) is 2.92. The van der Waals surface area contributed by atoms with Crippen molar-refractivity contribution < 1.29 is 18.5 Å². The molecule has 10 heteroatoms. The summed E-state index contributed by atoms with van der Waals surface area (Å²) in [6.45, 7) is 3.81. The van der Waals surface area contributed by atoms with E-state index < -0.39 is 10.8 Å². The fraction of sp³-hybridized carbons (Fsp3) is 0.296. The number of benzene rings is 2. The van der Waals surface area contributed by atoms with Crippen LogP contribution in [0.2, 0.25) is 0 Å². The van der Waals surface area contributed by atoms with Crippen LogP contribution >= 0.6 is 0 Å². The highest BCUT2D eigenvalue weighted by molar-refractivity contribution is 7.85. The van der Waals surface area contributed by atoms with E-state index in [1.54, 1.807) is 26.5 Å². The third-order valence-corrected chi connectivity index (χ3v) is 7.27. The quantitative estimate of drug-likeness (QED) is 0.289. The summed E-state index contributed by atoms with van der Waals surface area (Å²) in [6.07, 6.45) is 3.67. The SMILES string of the molecule is COc1cc(S(=O)C(C)C)cnc1Nc1n[nH]c2ccccc12.COc1ccc(NC(=O)C2CC2)cc1. The fourth-order valence-corrected chi connectivity index (χ4v) is 4.42. The van der Waals surface area contributed by atoms with Crippen LogP contribution in [0, 0.1) is 5.92 Å². The lowest BCUT2D eigenvalue weighted by molar-refractivity contribution is -0.117. The number of ether oxygens (including phenoxy) is 2. The molecule has 3 N–H and O–H groups in total. The van der Waals surface area contributed by atoms with Crippen LogP contribution in [0.25, 0.3) is 10.9 Å². The van der Waals surface area contributed by atoms with Gasteiger partial charge in [0.2, 0.25) is 5.91 Å². The van der Waals surface area contributed by atoms with E-state index in [-0.39, 0.29) is 17.1 Å². The van der Waals surface area contributed by atoms with Crippen molar-refractivity contribution in [3.8, 4) is 11.5 Å². The maximum atomic E-state index is 12.2. The summed E-state index contributed by atoms with van der Waals surface area (Å²) < 4.78 is 22.6. The Balaban J connectivity index is 0.000000195. The first-order valence-corrected chi connectivity index (χ1v) is 13.2. The summed E-state index contributed by atoms with van der Waals surface area (Å²) in [4.78, 5) is 16.4. The molecule has 1 fully saturated rings. The van der Waals surface area contributed by atoms with Crippen LogP contribution in [0.3, 0.4) is 0 Å². The lowest BCUT2D eigenvalue weighted by Crippen LogP contribution is -2.12. The summed E-state index contributed by atoms with van der Waals surface area (Å²) in [7, 11) is 2.08. The standard InChI is InChI=1S/C16H18N4O2S.C11H13NO2/c1-10(2)23(21)11-8-14(22-3)16(17-9-11)18-15-12-6-4-5-7-13(12)19-20-15;1-14-10-6-4-9(5-7-10)12-11(13)8-2-3-8/h4-10H,1-3H3,(H2,17,18,19,20);4-8H,2-3H2,1H3,(H,12,13). The average molecular weight is 522 g/mol. The molecule has 1 atom stereocenters. The molecule has 9 nitrogen and oxygen atoms in total. The number of hydrogen-bond donors (Lipinski definition) is 3. The van der Waals surface area contributed by atoms with Gasteiger partial charge in [-0.3, -0.25) is 14.1 Å². The van der Waals surface area contributed by atoms with Crippen molar-refractivity contribution in [2.24, 2.45) is 5.92 Å². The van der Waals surface area contributed by atoms with Crippen molar-refractivity contribution in [3.05, 3.63) is 60.8 Å². The molecule has 4 aromatic rings. The van der Waals surface area contributed by atoms with Gasteiger partial charge in [0.1, 0.15) is 5.75 Å². The van der Waals surface area contributed by atoms with Crippen LogP contribution in [-0.2, 0) is 15.6 Å². The van der Waals surface area contributed by atoms with E-state index >= 15 is 0 Å². The van der Waals surface area contributed by atoms with Gasteiger partial charge >= 0.3 is 0 Å². The van der Waals surface area contributed by atoms with Crippen LogP contribution in [0.4, 0.5) is 17.3 Å². The molecule has 194 valence electrons. The number of carbonyl (C=O) groups excluding carboxylic acids is 1. The molecule has 0 aliphatic heterocycles. The molecule has 5 rings (SSSR count). The van der Waals surface area contributed by atoms with Crippen molar-refractivity contribution >= 4 is 44.9 Å². The van der Waals surface area contributed by atoms with Crippen molar-refractivity contribution in [1.82, 2.24) is 15.2 Å². The summed E-state index contributed by atoms with van der Waals surface area (Å²) >= 11 is 0. The molecule has 0 radical (unpaired) electrons. The van der Waals surface area contributed by atoms with Gasteiger partial charge in [-0.15, -0.1) is 0 Å². The second-order valence-electron chi connectivity index (χ2n) is 8.80. The minimum Gasteiger partial charge on any atom is -0.497 e. The Labute approximate surface area is 218 Å². The monoisotopic (exact) mass is 521 g/mol. The van der Waals surface area contributed by atoms with E-state index in [4.69, 9.17) is 9.47 Å². The Bertz CT molecular complexity index is 1380. The molecule has 1 saturated carbocycles. The van der Waals surface area contributed by atoms with E-state index in [0.29, 0.717) is 22.3 Å². The zero-order valence-electron chi connectivity index (χ0n) is 21.3. The number of H-pyrrole nitrogens is 1. The van der Waals surface area contributed by atoms with Crippen molar-refractivity contribution in [2.45, 2.75) is 36.8 Å². The highest BCUT2D eigenvalue weighted by Gasteiger charge is 2.29. The molecule has 0 bridgehead atoms. The van der Waals surface area contributed by atoms with Gasteiger partial charge in [0.25, 0.3) is 0 Å². The second kappa shape index (κ2) is 11.9. The Hall–Kier alpha value is -3.92. The zero-order valence-corrected chi connectivity index (χ0v) is 22.1. The number of rotatable bonds is 8. The molecule has 37 heavy (non-hydrogen) atoms. The maximum absolute atomic E-state index is 12.2. The normalized spacial score (nSPS) is 13.4. The van der Waals surface area contributed by atoms with Crippen LogP contribution in [0.1, 0.15) is 26.7 Å². The molecule has 0 saturated heterocycles. The summed E-state index contributed by atoms with van der Waals surface area (Å²) in [5.41, 5.74) is 1.77. The number of carbonyl (C=O) groups is 1. The highest BCUT2D eigenvalue weighted by atomic mass is 32.2. The number of nitrogens with one attached hydrogen (secondary N) is 3. The van der Waals surface area contributed by atoms with Crippen LogP contribution < -0.4 is 20.1 Å². The molecule has 2 heterocycles. The van der Waals surface area contributed by atoms with Gasteiger partial charge in [-0.05, 0) is 49.2 Å². The third kappa shape index (κ3) is 6.65. The van der Waals surface area contributed by atoms with E-state index in [1.165, 1.54) is 0 Å². The second-order valence-corrected chi connectivity index (χ2v) is 10.8. The van der Waals surface area contributed by atoms with E-state index in [0.717, 1.165) is 35.2 Å². The number of nitrogens with zero attached hydrogens (tertiary/aromatic N) is 2. The van der Waals surface area contributed by atoms with Gasteiger partial charge in [0.15, 0.2) is 17.4 Å². The lowest BCUT2D eigenvalue weighted by atomic mass is 10.2. The molecular weight excluding hydrogens is 490 g/mol. The van der Waals surface area contributed by atoms with Gasteiger partial charge in [-0.25, -0.2) is 4.98 Å². The maximum Gasteiger partial charge on any atom is 0.227 e. The lowest BCUT2D eigenvalue weighted by Gasteiger charge is -2.11. The minimum atomic E-state index is -1.11. The summed E-state index contributed by atoms with van der Waals surface area (Å²) in [5, 5.41) is 14.2. The van der Waals surface area contributed by atoms with E-state index in [9.17, 15) is 9.00 Å². The van der Waals surface area contributed by atoms with Gasteiger partial charge in [0.05, 0.1) is 35.4 Å². The third-order valence-electron chi connectivity index (χ3n) is 5.72. The number of methoxy groups -OCH3 is 2. The number of amides is 1. The number of pyridine rings is 1. The van der Waals surface area contributed by atoms with E-state index in [2.05, 4.69) is 25.8 Å². The largest absolute Gasteiger partial charge is 0.497 e. The first kappa shape index (κ1) is 26.2. The predicted octanol–water partition coefficient (Wildman–Crippen LogP) is 5.27. The van der Waals surface area contributed by atoms with Crippen LogP contribution in [0.15, 0.2) is 65.7 Å². The highest BCUT2D eigenvalue weighted by Crippen LogP contribution is 2.31. The first-order valence-electron chi connectivity index (χ1n) is 12.0. The number of hydrogen-bond acceptors (Lipinski definition) is 7. The molecule has 1 amide bonds. The molecule has 1 aliphatic carbocycles. The number of aromatic amines is 1. The van der Waals surface area contributed by atoms with Crippen LogP contribution in [-0.4, -0.2) is 44.8 Å². The number of para-hydroxylation sites is 1. The molecule has 2 aromatic heterocycles. The molecule has 1 aliphatic rings. The number of aromatic nitrogens is 3. The Morgan fingerprint density at radius 3 is 2.43 bits per heavy atom. The van der Waals surface area contributed by atoms with Gasteiger partial charge in [-0.1, -0.05) is 26.0 Å². The van der Waals surface area contributed by atoms with Crippen molar-refractivity contribution in [1.29, 1.82) is 0 Å². The first-order chi connectivity index (χ1) is 17.9. The smallest absolute Gasteiger partial charge is 0.227 e. The number of anilines is 3. The predicted molar refractivity (Wildman–Crippen MR) is 146 cm³/mol.